The summed E-state index contributed by atoms with van der Waals surface area (Å²) >= 11 is 0. The number of nitriles is 1. The number of ether oxygens (including phenoxy) is 2. The van der Waals surface area contributed by atoms with Crippen LogP contribution in [-0.4, -0.2) is 37.2 Å². The third kappa shape index (κ3) is 2.62. The Labute approximate surface area is 128 Å². The van der Waals surface area contributed by atoms with Crippen LogP contribution in [-0.2, 0) is 22.4 Å². The molecule has 1 saturated heterocycles. The van der Waals surface area contributed by atoms with Crippen molar-refractivity contribution < 1.29 is 19.1 Å². The van der Waals surface area contributed by atoms with Gasteiger partial charge in [0.15, 0.2) is 0 Å². The van der Waals surface area contributed by atoms with Crippen LogP contribution in [0.1, 0.15) is 23.1 Å². The van der Waals surface area contributed by atoms with Crippen LogP contribution in [0.4, 0.5) is 4.79 Å². The van der Waals surface area contributed by atoms with Gasteiger partial charge in [-0.05, 0) is 36.5 Å². The molecule has 1 aromatic rings. The maximum atomic E-state index is 11.6. The Bertz CT molecular complexity index is 646. The number of amides is 1. The highest BCUT2D eigenvalue weighted by atomic mass is 16.7. The molecule has 1 atom stereocenters. The van der Waals surface area contributed by atoms with Crippen molar-refractivity contribution in [3.05, 3.63) is 28.8 Å². The summed E-state index contributed by atoms with van der Waals surface area (Å²) in [5.41, 5.74) is 2.31. The van der Waals surface area contributed by atoms with Crippen molar-refractivity contribution in [2.75, 3.05) is 19.9 Å². The van der Waals surface area contributed by atoms with E-state index in [9.17, 15) is 14.9 Å². The zero-order valence-corrected chi connectivity index (χ0v) is 12.1. The van der Waals surface area contributed by atoms with Gasteiger partial charge in [0.2, 0.25) is 6.79 Å². The van der Waals surface area contributed by atoms with Gasteiger partial charge in [-0.3, -0.25) is 0 Å². The predicted molar refractivity (Wildman–Crippen MR) is 76.3 cm³/mol. The van der Waals surface area contributed by atoms with E-state index in [0.717, 1.165) is 23.8 Å². The summed E-state index contributed by atoms with van der Waals surface area (Å²) in [5, 5.41) is 9.35. The van der Waals surface area contributed by atoms with Crippen molar-refractivity contribution in [3.63, 3.8) is 0 Å². The maximum Gasteiger partial charge on any atom is 0.412 e. The van der Waals surface area contributed by atoms with Gasteiger partial charge in [-0.25, -0.2) is 4.79 Å². The van der Waals surface area contributed by atoms with Crippen molar-refractivity contribution in [3.8, 4) is 11.8 Å². The first kappa shape index (κ1) is 14.4. The third-order valence-electron chi connectivity index (χ3n) is 4.14. The lowest BCUT2D eigenvalue weighted by molar-refractivity contribution is -0.110. The van der Waals surface area contributed by atoms with Gasteiger partial charge in [0.25, 0.3) is 0 Å². The fourth-order valence-corrected chi connectivity index (χ4v) is 2.78. The molecule has 1 aliphatic carbocycles. The van der Waals surface area contributed by atoms with Crippen LogP contribution in [0.15, 0.2) is 12.1 Å². The highest BCUT2D eigenvalue weighted by molar-refractivity contribution is 5.68. The first-order chi connectivity index (χ1) is 10.7. The van der Waals surface area contributed by atoms with Crippen molar-refractivity contribution in [2.24, 2.45) is 5.92 Å². The number of carbonyl (C=O) groups is 2. The van der Waals surface area contributed by atoms with Gasteiger partial charge in [-0.2, -0.15) is 5.26 Å². The van der Waals surface area contributed by atoms with Gasteiger partial charge in [0.1, 0.15) is 18.1 Å². The average molecular weight is 300 g/mol. The second-order valence-electron chi connectivity index (χ2n) is 5.51. The molecule has 2 aliphatic rings. The largest absolute Gasteiger partial charge is 0.456 e. The summed E-state index contributed by atoms with van der Waals surface area (Å²) in [6.45, 7) is 1.21. The molecule has 0 saturated carbocycles. The molecule has 0 spiro atoms. The molecular formula is C16H16N2O4. The van der Waals surface area contributed by atoms with Gasteiger partial charge >= 0.3 is 6.09 Å². The molecule has 1 amide bonds. The Morgan fingerprint density at radius 1 is 1.41 bits per heavy atom. The van der Waals surface area contributed by atoms with E-state index in [1.807, 2.05) is 6.07 Å². The Morgan fingerprint density at radius 2 is 2.23 bits per heavy atom. The van der Waals surface area contributed by atoms with Crippen LogP contribution in [0.5, 0.6) is 5.75 Å². The number of nitrogens with zero attached hydrogens (tertiary/aromatic N) is 2. The Balaban J connectivity index is 1.66. The number of rotatable bonds is 4. The summed E-state index contributed by atoms with van der Waals surface area (Å²) in [6, 6.07) is 5.70. The summed E-state index contributed by atoms with van der Waals surface area (Å²) in [6.07, 6.45) is 2.75. The van der Waals surface area contributed by atoms with Crippen LogP contribution in [0, 0.1) is 17.2 Å². The summed E-state index contributed by atoms with van der Waals surface area (Å²) in [4.78, 5) is 24.1. The SMILES string of the molecule is N#Cc1c(OCOC(=O)N2CCC2)ccc2c1CC(C=O)C2. The first-order valence-electron chi connectivity index (χ1n) is 7.27. The summed E-state index contributed by atoms with van der Waals surface area (Å²) in [5.74, 6) is 0.325. The number of fused-ring (bicyclic) bond motifs is 1. The molecule has 0 radical (unpaired) electrons. The molecule has 1 heterocycles. The smallest absolute Gasteiger partial charge is 0.412 e. The van der Waals surface area contributed by atoms with Gasteiger partial charge in [-0.15, -0.1) is 0 Å². The zero-order chi connectivity index (χ0) is 15.5. The molecule has 1 aliphatic heterocycles. The molecule has 3 rings (SSSR count). The van der Waals surface area contributed by atoms with E-state index in [0.29, 0.717) is 37.2 Å². The third-order valence-corrected chi connectivity index (χ3v) is 4.14. The fourth-order valence-electron chi connectivity index (χ4n) is 2.78. The Kier molecular flexibility index (Phi) is 3.96. The van der Waals surface area contributed by atoms with E-state index in [2.05, 4.69) is 6.07 Å². The van der Waals surface area contributed by atoms with Crippen LogP contribution in [0.2, 0.25) is 0 Å². The topological polar surface area (TPSA) is 79.6 Å². The first-order valence-corrected chi connectivity index (χ1v) is 7.27. The number of hydrogen-bond donors (Lipinski definition) is 0. The molecule has 1 unspecified atom stereocenters. The van der Waals surface area contributed by atoms with Crippen molar-refractivity contribution >= 4 is 12.4 Å². The lowest BCUT2D eigenvalue weighted by Crippen LogP contribution is -2.42. The van der Waals surface area contributed by atoms with E-state index in [4.69, 9.17) is 9.47 Å². The van der Waals surface area contributed by atoms with Crippen LogP contribution >= 0.6 is 0 Å². The van der Waals surface area contributed by atoms with Gasteiger partial charge in [0, 0.05) is 19.0 Å². The molecule has 0 N–H and O–H groups in total. The monoisotopic (exact) mass is 300 g/mol. The predicted octanol–water partition coefficient (Wildman–Crippen LogP) is 1.65. The minimum atomic E-state index is -0.396. The lowest BCUT2D eigenvalue weighted by atomic mass is 10.0. The standard InChI is InChI=1S/C16H16N2O4/c17-8-14-13-7-11(9-19)6-12(13)2-3-15(14)21-10-22-16(20)18-4-1-5-18/h2-3,9,11H,1,4-7,10H2. The number of likely N-dealkylation sites (tertiary alicyclic amines) is 1. The van der Waals surface area contributed by atoms with Crippen molar-refractivity contribution in [2.45, 2.75) is 19.3 Å². The van der Waals surface area contributed by atoms with Crippen LogP contribution in [0.3, 0.4) is 0 Å². The second kappa shape index (κ2) is 6.06. The molecule has 6 nitrogen and oxygen atoms in total. The molecule has 22 heavy (non-hydrogen) atoms. The maximum absolute atomic E-state index is 11.6. The minimum absolute atomic E-state index is 0.0680. The molecule has 114 valence electrons. The lowest BCUT2D eigenvalue weighted by Gasteiger charge is -2.29. The van der Waals surface area contributed by atoms with E-state index in [1.165, 1.54) is 0 Å². The highest BCUT2D eigenvalue weighted by Gasteiger charge is 2.26. The van der Waals surface area contributed by atoms with E-state index < -0.39 is 6.09 Å². The highest BCUT2D eigenvalue weighted by Crippen LogP contribution is 2.33. The molecule has 0 bridgehead atoms. The summed E-state index contributed by atoms with van der Waals surface area (Å²) < 4.78 is 10.4. The molecule has 0 aromatic heterocycles. The zero-order valence-electron chi connectivity index (χ0n) is 12.1. The number of hydrogen-bond acceptors (Lipinski definition) is 5. The van der Waals surface area contributed by atoms with Gasteiger partial charge in [-0.1, -0.05) is 6.07 Å². The normalized spacial score (nSPS) is 18.9. The fraction of sp³-hybridized carbons (Fsp3) is 0.438. The molecular weight excluding hydrogens is 284 g/mol. The number of aldehydes is 1. The van der Waals surface area contributed by atoms with Gasteiger partial charge < -0.3 is 19.2 Å². The molecule has 6 heteroatoms. The van der Waals surface area contributed by atoms with E-state index in [-0.39, 0.29) is 12.7 Å². The second-order valence-corrected chi connectivity index (χ2v) is 5.51. The van der Waals surface area contributed by atoms with Crippen molar-refractivity contribution in [1.82, 2.24) is 4.90 Å². The Morgan fingerprint density at radius 3 is 2.86 bits per heavy atom. The van der Waals surface area contributed by atoms with Crippen molar-refractivity contribution in [1.29, 1.82) is 5.26 Å². The molecule has 1 aromatic carbocycles. The van der Waals surface area contributed by atoms with E-state index in [1.54, 1.807) is 11.0 Å². The average Bonchev–Trinajstić information content (AvgIpc) is 2.88. The molecule has 1 fully saturated rings. The summed E-state index contributed by atoms with van der Waals surface area (Å²) in [7, 11) is 0. The van der Waals surface area contributed by atoms with E-state index >= 15 is 0 Å². The Hall–Kier alpha value is -2.55. The quantitative estimate of drug-likeness (QED) is 0.624. The van der Waals surface area contributed by atoms with Crippen LogP contribution in [0.25, 0.3) is 0 Å². The number of benzene rings is 1. The minimum Gasteiger partial charge on any atom is -0.456 e. The van der Waals surface area contributed by atoms with Crippen LogP contribution < -0.4 is 4.74 Å². The number of carbonyl (C=O) groups excluding carboxylic acids is 2. The van der Waals surface area contributed by atoms with Gasteiger partial charge in [0.05, 0.1) is 5.56 Å².